The maximum Gasteiger partial charge on any atom is 0.309 e. The topological polar surface area (TPSA) is 74.7 Å². The second kappa shape index (κ2) is 10.9. The fourth-order valence-electron chi connectivity index (χ4n) is 5.56. The van der Waals surface area contributed by atoms with Crippen molar-refractivity contribution < 1.29 is 28.2 Å². The highest BCUT2D eigenvalue weighted by Crippen LogP contribution is 2.48. The molecule has 2 aliphatic rings. The smallest absolute Gasteiger partial charge is 0.309 e. The zero-order valence-corrected chi connectivity index (χ0v) is 21.9. The number of esters is 1. The molecule has 2 heterocycles. The van der Waals surface area contributed by atoms with E-state index in [0.717, 1.165) is 60.6 Å². The van der Waals surface area contributed by atoms with Crippen LogP contribution in [0.4, 0.5) is 4.39 Å². The summed E-state index contributed by atoms with van der Waals surface area (Å²) >= 11 is 0. The first kappa shape index (κ1) is 25.9. The number of aromatic nitrogens is 1. The van der Waals surface area contributed by atoms with Gasteiger partial charge in [-0.3, -0.25) is 9.59 Å². The molecule has 3 aromatic rings. The lowest BCUT2D eigenvalue weighted by molar-refractivity contribution is -0.145. The lowest BCUT2D eigenvalue weighted by Crippen LogP contribution is -2.23. The Morgan fingerprint density at radius 2 is 1.97 bits per heavy atom. The van der Waals surface area contributed by atoms with Gasteiger partial charge in [0.15, 0.2) is 6.29 Å². The summed E-state index contributed by atoms with van der Waals surface area (Å²) < 4.78 is 31.6. The number of hydrogen-bond acceptors (Lipinski definition) is 6. The normalized spacial score (nSPS) is 18.1. The summed E-state index contributed by atoms with van der Waals surface area (Å²) in [6.07, 6.45) is 5.40. The number of aryl methyl sites for hydroxylation is 1. The Labute approximate surface area is 222 Å². The molecular formula is C31H32FNO5. The molecule has 3 atom stereocenters. The highest BCUT2D eigenvalue weighted by molar-refractivity contribution is 5.88. The summed E-state index contributed by atoms with van der Waals surface area (Å²) in [7, 11) is 1.43. The van der Waals surface area contributed by atoms with Crippen LogP contribution in [0.1, 0.15) is 72.2 Å². The van der Waals surface area contributed by atoms with E-state index in [1.807, 2.05) is 19.9 Å². The average molecular weight is 518 g/mol. The number of pyridine rings is 1. The highest BCUT2D eigenvalue weighted by Gasteiger charge is 2.39. The third kappa shape index (κ3) is 5.15. The standard InChI is InChI=1S/C31H32FNO5/c1-4-37-29-15-25(26(32)16-33-29)24-11-9-21(13-23(24)17-34)27-12-10-19-5-8-22(14-28(19)38-27)30(20-6-7-20)18(2)31(35)36-3/h5,8-9,11,13-18,20,27,30H,4,6-7,10,12H2,1-3H3. The summed E-state index contributed by atoms with van der Waals surface area (Å²) in [5.74, 6) is 0.726. The Balaban J connectivity index is 1.42. The van der Waals surface area contributed by atoms with Crippen molar-refractivity contribution in [1.82, 2.24) is 4.98 Å². The molecule has 5 rings (SSSR count). The Morgan fingerprint density at radius 1 is 1.16 bits per heavy atom. The first-order valence-electron chi connectivity index (χ1n) is 13.2. The zero-order chi connectivity index (χ0) is 26.8. The second-order valence-corrected chi connectivity index (χ2v) is 10.1. The van der Waals surface area contributed by atoms with Gasteiger partial charge >= 0.3 is 5.97 Å². The second-order valence-electron chi connectivity index (χ2n) is 10.1. The van der Waals surface area contributed by atoms with Crippen molar-refractivity contribution in [1.29, 1.82) is 0 Å². The van der Waals surface area contributed by atoms with Crippen LogP contribution in [0.5, 0.6) is 11.6 Å². The van der Waals surface area contributed by atoms with Gasteiger partial charge in [0.2, 0.25) is 5.88 Å². The monoisotopic (exact) mass is 517 g/mol. The number of fused-ring (bicyclic) bond motifs is 1. The van der Waals surface area contributed by atoms with E-state index in [4.69, 9.17) is 14.2 Å². The van der Waals surface area contributed by atoms with Crippen molar-refractivity contribution in [2.75, 3.05) is 13.7 Å². The van der Waals surface area contributed by atoms with Crippen molar-refractivity contribution >= 4 is 12.3 Å². The maximum atomic E-state index is 14.6. The molecule has 1 fully saturated rings. The third-order valence-electron chi connectivity index (χ3n) is 7.65. The summed E-state index contributed by atoms with van der Waals surface area (Å²) in [6, 6.07) is 13.2. The van der Waals surface area contributed by atoms with Crippen LogP contribution in [0, 0.1) is 17.7 Å². The summed E-state index contributed by atoms with van der Waals surface area (Å²) in [5.41, 5.74) is 4.19. The van der Waals surface area contributed by atoms with Crippen LogP contribution in [-0.2, 0) is 16.0 Å². The zero-order valence-electron chi connectivity index (χ0n) is 21.9. The molecule has 0 saturated heterocycles. The predicted molar refractivity (Wildman–Crippen MR) is 141 cm³/mol. The molecule has 0 spiro atoms. The number of carbonyl (C=O) groups is 2. The summed E-state index contributed by atoms with van der Waals surface area (Å²) in [4.78, 5) is 28.3. The molecule has 1 aliphatic heterocycles. The van der Waals surface area contributed by atoms with Crippen LogP contribution in [-0.4, -0.2) is 31.0 Å². The van der Waals surface area contributed by atoms with Crippen molar-refractivity contribution in [3.05, 3.63) is 76.7 Å². The number of methoxy groups -OCH3 is 1. The van der Waals surface area contributed by atoms with Gasteiger partial charge in [-0.05, 0) is 78.8 Å². The van der Waals surface area contributed by atoms with Gasteiger partial charge in [-0.25, -0.2) is 9.37 Å². The van der Waals surface area contributed by atoms with Crippen LogP contribution < -0.4 is 9.47 Å². The van der Waals surface area contributed by atoms with Gasteiger partial charge in [-0.15, -0.1) is 0 Å². The van der Waals surface area contributed by atoms with Gasteiger partial charge in [0, 0.05) is 17.2 Å². The Morgan fingerprint density at radius 3 is 2.68 bits per heavy atom. The molecule has 1 saturated carbocycles. The number of benzene rings is 2. The third-order valence-corrected chi connectivity index (χ3v) is 7.65. The number of ether oxygens (including phenoxy) is 3. The molecule has 198 valence electrons. The van der Waals surface area contributed by atoms with Crippen LogP contribution in [0.3, 0.4) is 0 Å². The van der Waals surface area contributed by atoms with Gasteiger partial charge < -0.3 is 14.2 Å². The summed E-state index contributed by atoms with van der Waals surface area (Å²) in [5, 5.41) is 0. The molecule has 0 amide bonds. The van der Waals surface area contributed by atoms with Crippen molar-refractivity contribution in [3.8, 4) is 22.8 Å². The fourth-order valence-corrected chi connectivity index (χ4v) is 5.56. The lowest BCUT2D eigenvalue weighted by Gasteiger charge is -2.29. The van der Waals surface area contributed by atoms with Crippen LogP contribution in [0.2, 0.25) is 0 Å². The molecule has 0 N–H and O–H groups in total. The SMILES string of the molecule is CCOc1cc(-c2ccc(C3CCc4ccc(C(C5CC5)C(C)C(=O)OC)cc4O3)cc2C=O)c(F)cn1. The largest absolute Gasteiger partial charge is 0.485 e. The number of hydrogen-bond donors (Lipinski definition) is 0. The summed E-state index contributed by atoms with van der Waals surface area (Å²) in [6.45, 7) is 4.17. The van der Waals surface area contributed by atoms with Gasteiger partial charge in [-0.1, -0.05) is 31.2 Å². The number of nitrogens with zero attached hydrogens (tertiary/aromatic N) is 1. The van der Waals surface area contributed by atoms with Crippen molar-refractivity contribution in [2.45, 2.75) is 51.6 Å². The van der Waals surface area contributed by atoms with E-state index in [1.54, 1.807) is 12.1 Å². The molecule has 0 bridgehead atoms. The van der Waals surface area contributed by atoms with E-state index in [9.17, 15) is 14.0 Å². The van der Waals surface area contributed by atoms with Gasteiger partial charge in [0.25, 0.3) is 0 Å². The Kier molecular flexibility index (Phi) is 7.45. The molecule has 38 heavy (non-hydrogen) atoms. The van der Waals surface area contributed by atoms with Crippen molar-refractivity contribution in [3.63, 3.8) is 0 Å². The number of rotatable bonds is 9. The van der Waals surface area contributed by atoms with Gasteiger partial charge in [0.05, 0.1) is 25.8 Å². The lowest BCUT2D eigenvalue weighted by atomic mass is 9.82. The predicted octanol–water partition coefficient (Wildman–Crippen LogP) is 6.47. The van der Waals surface area contributed by atoms with Crippen molar-refractivity contribution in [2.24, 2.45) is 11.8 Å². The quantitative estimate of drug-likeness (QED) is 0.239. The van der Waals surface area contributed by atoms with E-state index in [2.05, 4.69) is 23.2 Å². The fraction of sp³-hybridized carbons (Fsp3) is 0.387. The van der Waals surface area contributed by atoms with Gasteiger partial charge in [-0.2, -0.15) is 0 Å². The first-order chi connectivity index (χ1) is 18.4. The first-order valence-corrected chi connectivity index (χ1v) is 13.2. The van der Waals surface area contributed by atoms with Gasteiger partial charge in [0.1, 0.15) is 17.7 Å². The molecule has 6 nitrogen and oxygen atoms in total. The van der Waals surface area contributed by atoms with Crippen LogP contribution >= 0.6 is 0 Å². The van der Waals surface area contributed by atoms with E-state index < -0.39 is 5.82 Å². The molecule has 1 aliphatic carbocycles. The molecule has 7 heteroatoms. The van der Waals surface area contributed by atoms with E-state index >= 15 is 0 Å². The van der Waals surface area contributed by atoms with E-state index in [1.165, 1.54) is 13.2 Å². The number of halogens is 1. The molecule has 2 aromatic carbocycles. The van der Waals surface area contributed by atoms with Crippen LogP contribution in [0.15, 0.2) is 48.7 Å². The minimum Gasteiger partial charge on any atom is -0.485 e. The Bertz CT molecular complexity index is 1350. The number of aldehydes is 1. The highest BCUT2D eigenvalue weighted by atomic mass is 19.1. The molecule has 3 unspecified atom stereocenters. The average Bonchev–Trinajstić information content (AvgIpc) is 3.78. The molecule has 0 radical (unpaired) electrons. The maximum absolute atomic E-state index is 14.6. The molecular weight excluding hydrogens is 485 g/mol. The Hall–Kier alpha value is -3.74. The minimum atomic E-state index is -0.522. The van der Waals surface area contributed by atoms with E-state index in [-0.39, 0.29) is 29.5 Å². The van der Waals surface area contributed by atoms with Crippen LogP contribution in [0.25, 0.3) is 11.1 Å². The number of carbonyl (C=O) groups excluding carboxylic acids is 2. The minimum absolute atomic E-state index is 0.0921. The molecule has 1 aromatic heterocycles. The van der Waals surface area contributed by atoms with E-state index in [0.29, 0.717) is 29.5 Å².